The monoisotopic (exact) mass is 610 g/mol. The van der Waals surface area contributed by atoms with E-state index in [1.54, 1.807) is 31.2 Å². The third kappa shape index (κ3) is 5.65. The van der Waals surface area contributed by atoms with Crippen LogP contribution >= 0.6 is 11.3 Å². The number of para-hydroxylation sites is 1. The lowest BCUT2D eigenvalue weighted by Crippen LogP contribution is -2.62. The van der Waals surface area contributed by atoms with Crippen molar-refractivity contribution in [1.29, 1.82) is 0 Å². The maximum Gasteiger partial charge on any atom is 0.348 e. The summed E-state index contributed by atoms with van der Waals surface area (Å²) in [5.74, 6) is -2.80. The third-order valence-electron chi connectivity index (χ3n) is 7.10. The van der Waals surface area contributed by atoms with Gasteiger partial charge in [-0.25, -0.2) is 18.2 Å². The maximum atomic E-state index is 14.2. The second kappa shape index (κ2) is 12.0. The van der Waals surface area contributed by atoms with Gasteiger partial charge in [0.2, 0.25) is 0 Å². The Kier molecular flexibility index (Phi) is 8.97. The second-order valence-corrected chi connectivity index (χ2v) is 12.8. The first-order chi connectivity index (χ1) is 19.4. The number of carboxylic acids is 1. The summed E-state index contributed by atoms with van der Waals surface area (Å²) in [6, 6.07) is 7.02. The number of benzene rings is 1. The normalized spacial score (nSPS) is 18.1. The van der Waals surface area contributed by atoms with Gasteiger partial charge in [0.15, 0.2) is 5.54 Å². The van der Waals surface area contributed by atoms with Crippen molar-refractivity contribution in [2.24, 2.45) is 0 Å². The molecule has 4 rings (SSSR count). The van der Waals surface area contributed by atoms with E-state index in [9.17, 15) is 27.9 Å². The number of aliphatic carboxylic acids is 1. The van der Waals surface area contributed by atoms with Crippen LogP contribution in [0.2, 0.25) is 0 Å². The minimum atomic E-state index is -4.79. The minimum absolute atomic E-state index is 0.0107. The molecule has 0 radical (unpaired) electrons. The molecule has 0 bridgehead atoms. The summed E-state index contributed by atoms with van der Waals surface area (Å²) in [6.45, 7) is 6.13. The molecule has 0 spiro atoms. The number of hydrogen-bond donors (Lipinski definition) is 1. The fourth-order valence-electron chi connectivity index (χ4n) is 4.88. The van der Waals surface area contributed by atoms with Crippen LogP contribution in [0.3, 0.4) is 0 Å². The molecule has 14 heteroatoms. The van der Waals surface area contributed by atoms with Crippen molar-refractivity contribution in [3.05, 3.63) is 45.8 Å². The predicted molar refractivity (Wildman–Crippen MR) is 150 cm³/mol. The lowest BCUT2D eigenvalue weighted by atomic mass is 10.0. The number of carboxylic acid groups (broad SMARTS) is 1. The van der Waals surface area contributed by atoms with Gasteiger partial charge in [-0.1, -0.05) is 18.2 Å². The Morgan fingerprint density at radius 1 is 1.22 bits per heavy atom. The highest BCUT2D eigenvalue weighted by atomic mass is 32.2. The highest BCUT2D eigenvalue weighted by Gasteiger charge is 2.54. The Morgan fingerprint density at radius 3 is 2.49 bits per heavy atom. The standard InChI is InChI=1S/C27H34N2O10S2/c1-6-38-25(31)22-16(2)21-23(30)29(27(3,4)26(32)33)41(34,35)28(24(21)40-22)15-20(39-17-11-13-37-14-12-17)18-9-7-8-10-19(18)36-5/h7-10,17,20H,6,11-15H2,1-5H3,(H,32,33)/t20-/m0/s1. The van der Waals surface area contributed by atoms with Crippen LogP contribution in [0.4, 0.5) is 5.00 Å². The van der Waals surface area contributed by atoms with Crippen molar-refractivity contribution in [3.8, 4) is 5.75 Å². The number of rotatable bonds is 10. The van der Waals surface area contributed by atoms with E-state index in [0.29, 0.717) is 41.7 Å². The van der Waals surface area contributed by atoms with E-state index in [-0.39, 0.29) is 40.3 Å². The van der Waals surface area contributed by atoms with Crippen LogP contribution in [0.25, 0.3) is 0 Å². The molecule has 1 fully saturated rings. The molecule has 2 aliphatic heterocycles. The van der Waals surface area contributed by atoms with Crippen LogP contribution in [-0.4, -0.2) is 80.8 Å². The lowest BCUT2D eigenvalue weighted by molar-refractivity contribution is -0.145. The van der Waals surface area contributed by atoms with Crippen molar-refractivity contribution in [2.45, 2.75) is 58.3 Å². The first-order valence-electron chi connectivity index (χ1n) is 13.1. The van der Waals surface area contributed by atoms with Gasteiger partial charge in [0, 0.05) is 18.8 Å². The summed E-state index contributed by atoms with van der Waals surface area (Å²) in [5.41, 5.74) is -1.45. The number of nitrogens with zero attached hydrogens (tertiary/aromatic N) is 2. The molecule has 1 amide bonds. The molecule has 1 aromatic carbocycles. The minimum Gasteiger partial charge on any atom is -0.496 e. The number of esters is 1. The molecule has 3 heterocycles. The van der Waals surface area contributed by atoms with E-state index in [0.717, 1.165) is 29.5 Å². The second-order valence-electron chi connectivity index (χ2n) is 10.1. The van der Waals surface area contributed by atoms with E-state index in [4.69, 9.17) is 18.9 Å². The zero-order valence-corrected chi connectivity index (χ0v) is 25.2. The zero-order chi connectivity index (χ0) is 30.1. The van der Waals surface area contributed by atoms with Gasteiger partial charge in [-0.05, 0) is 52.2 Å². The number of anilines is 1. The Balaban J connectivity index is 1.91. The smallest absolute Gasteiger partial charge is 0.348 e. The number of ether oxygens (including phenoxy) is 4. The molecular formula is C27H34N2O10S2. The molecule has 0 aliphatic carbocycles. The Hall–Kier alpha value is -3.20. The molecular weight excluding hydrogens is 576 g/mol. The highest BCUT2D eigenvalue weighted by Crippen LogP contribution is 2.46. The summed E-state index contributed by atoms with van der Waals surface area (Å²) in [5, 5.41) is 9.94. The quantitative estimate of drug-likeness (QED) is 0.396. The maximum absolute atomic E-state index is 14.2. The summed E-state index contributed by atoms with van der Waals surface area (Å²) in [4.78, 5) is 38.8. The van der Waals surface area contributed by atoms with Crippen LogP contribution in [0, 0.1) is 6.92 Å². The number of hydrogen-bond acceptors (Lipinski definition) is 10. The lowest BCUT2D eigenvalue weighted by Gasteiger charge is -2.42. The summed E-state index contributed by atoms with van der Waals surface area (Å²) >= 11 is 0.809. The Bertz CT molecular complexity index is 1430. The molecule has 2 aliphatic rings. The molecule has 1 N–H and O–H groups in total. The van der Waals surface area contributed by atoms with Gasteiger partial charge in [-0.2, -0.15) is 8.42 Å². The van der Waals surface area contributed by atoms with Crippen LogP contribution in [0.1, 0.15) is 70.9 Å². The van der Waals surface area contributed by atoms with Gasteiger partial charge in [-0.15, -0.1) is 11.3 Å². The summed E-state index contributed by atoms with van der Waals surface area (Å²) in [7, 11) is -3.30. The molecule has 1 atom stereocenters. The first-order valence-corrected chi connectivity index (χ1v) is 15.3. The molecule has 41 heavy (non-hydrogen) atoms. The van der Waals surface area contributed by atoms with Gasteiger partial charge in [0.25, 0.3) is 5.91 Å². The van der Waals surface area contributed by atoms with Crippen LogP contribution in [0.5, 0.6) is 5.75 Å². The van der Waals surface area contributed by atoms with Crippen LogP contribution < -0.4 is 9.04 Å². The number of amides is 1. The van der Waals surface area contributed by atoms with E-state index in [2.05, 4.69) is 0 Å². The summed E-state index contributed by atoms with van der Waals surface area (Å²) in [6.07, 6.45) is 0.0453. The molecule has 0 saturated carbocycles. The number of thiophene rings is 1. The van der Waals surface area contributed by atoms with Crippen LogP contribution in [0.15, 0.2) is 24.3 Å². The number of fused-ring (bicyclic) bond motifs is 1. The van der Waals surface area contributed by atoms with Crippen molar-refractivity contribution < 1.29 is 46.9 Å². The zero-order valence-electron chi connectivity index (χ0n) is 23.5. The van der Waals surface area contributed by atoms with Crippen LogP contribution in [-0.2, 0) is 29.2 Å². The van der Waals surface area contributed by atoms with Gasteiger partial charge < -0.3 is 24.1 Å². The van der Waals surface area contributed by atoms with Crippen molar-refractivity contribution in [1.82, 2.24) is 4.31 Å². The SMILES string of the molecule is CCOC(=O)c1sc2c(c1C)C(=O)N(C(C)(C)C(=O)O)S(=O)(=O)N2C[C@H](OC1CCOCC1)c1ccccc1OC. The third-order valence-corrected chi connectivity index (χ3v) is 10.5. The molecule has 2 aromatic rings. The largest absolute Gasteiger partial charge is 0.496 e. The number of methoxy groups -OCH3 is 1. The van der Waals surface area contributed by atoms with Crippen molar-refractivity contribution >= 4 is 44.4 Å². The Morgan fingerprint density at radius 2 is 1.88 bits per heavy atom. The first kappa shape index (κ1) is 30.8. The average molecular weight is 611 g/mol. The molecule has 224 valence electrons. The number of carbonyl (C=O) groups excluding carboxylic acids is 2. The topological polar surface area (TPSA) is 149 Å². The highest BCUT2D eigenvalue weighted by molar-refractivity contribution is 7.91. The average Bonchev–Trinajstić information content (AvgIpc) is 3.27. The van der Waals surface area contributed by atoms with Crippen molar-refractivity contribution in [3.63, 3.8) is 0 Å². The van der Waals surface area contributed by atoms with E-state index in [1.807, 2.05) is 0 Å². The molecule has 1 saturated heterocycles. The fraction of sp³-hybridized carbons (Fsp3) is 0.519. The Labute approximate surface area is 242 Å². The van der Waals surface area contributed by atoms with Gasteiger partial charge >= 0.3 is 22.1 Å². The van der Waals surface area contributed by atoms with Crippen molar-refractivity contribution in [2.75, 3.05) is 37.8 Å². The van der Waals surface area contributed by atoms with Gasteiger partial charge in [-0.3, -0.25) is 4.79 Å². The van der Waals surface area contributed by atoms with E-state index in [1.165, 1.54) is 14.0 Å². The van der Waals surface area contributed by atoms with E-state index >= 15 is 0 Å². The molecule has 12 nitrogen and oxygen atoms in total. The fourth-order valence-corrected chi connectivity index (χ4v) is 8.16. The number of carbonyl (C=O) groups is 3. The summed E-state index contributed by atoms with van der Waals surface area (Å²) < 4.78 is 52.4. The van der Waals surface area contributed by atoms with Gasteiger partial charge in [0.05, 0.1) is 31.9 Å². The van der Waals surface area contributed by atoms with E-state index < -0.39 is 39.7 Å². The molecule has 0 unspecified atom stereocenters. The van der Waals surface area contributed by atoms with Gasteiger partial charge in [0.1, 0.15) is 21.7 Å². The molecule has 1 aromatic heterocycles. The predicted octanol–water partition coefficient (Wildman–Crippen LogP) is 3.55.